The molecule has 0 saturated heterocycles. The molecule has 0 bridgehead atoms. The van der Waals surface area contributed by atoms with E-state index in [-0.39, 0.29) is 28.5 Å². The first-order chi connectivity index (χ1) is 16.0. The fourth-order valence-corrected chi connectivity index (χ4v) is 4.55. The number of aromatic hydroxyl groups is 1. The highest BCUT2D eigenvalue weighted by Gasteiger charge is 2.24. The largest absolute Gasteiger partial charge is 0.506 e. The molecule has 1 aromatic heterocycles. The van der Waals surface area contributed by atoms with Crippen LogP contribution in [0.1, 0.15) is 52.8 Å². The summed E-state index contributed by atoms with van der Waals surface area (Å²) in [6.07, 6.45) is 4.81. The topological polar surface area (TPSA) is 125 Å². The number of methoxy groups -OCH3 is 1. The molecular weight excluding hydrogens is 422 g/mol. The lowest BCUT2D eigenvalue weighted by Crippen LogP contribution is -2.21. The molecule has 8 nitrogen and oxygen atoms in total. The number of nitrogens with zero attached hydrogens (tertiary/aromatic N) is 2. The molecular formula is C25H23N3O5. The number of phenols is 1. The summed E-state index contributed by atoms with van der Waals surface area (Å²) in [6.45, 7) is 0. The van der Waals surface area contributed by atoms with Crippen molar-refractivity contribution in [1.82, 2.24) is 9.97 Å². The lowest BCUT2D eigenvalue weighted by atomic mass is 9.98. The van der Waals surface area contributed by atoms with Gasteiger partial charge in [-0.2, -0.15) is 0 Å². The summed E-state index contributed by atoms with van der Waals surface area (Å²) in [5, 5.41) is 11.8. The van der Waals surface area contributed by atoms with Crippen LogP contribution in [0.4, 0.5) is 0 Å². The van der Waals surface area contributed by atoms with E-state index in [1.807, 2.05) is 6.07 Å². The molecule has 1 aliphatic rings. The Bertz CT molecular complexity index is 1430. The van der Waals surface area contributed by atoms with Crippen LogP contribution in [0.25, 0.3) is 32.8 Å². The smallest absolute Gasteiger partial charge is 0.342 e. The molecule has 0 aliphatic heterocycles. The van der Waals surface area contributed by atoms with Crippen molar-refractivity contribution < 1.29 is 24.2 Å². The average molecular weight is 445 g/mol. The second-order valence-electron chi connectivity index (χ2n) is 8.26. The van der Waals surface area contributed by atoms with Crippen molar-refractivity contribution in [2.75, 3.05) is 7.11 Å². The first kappa shape index (κ1) is 20.9. The van der Waals surface area contributed by atoms with Gasteiger partial charge in [0.15, 0.2) is 0 Å². The van der Waals surface area contributed by atoms with E-state index in [0.717, 1.165) is 32.1 Å². The van der Waals surface area contributed by atoms with E-state index in [9.17, 15) is 14.7 Å². The Morgan fingerprint density at radius 2 is 1.67 bits per heavy atom. The number of primary amides is 1. The third kappa shape index (κ3) is 3.57. The molecule has 1 amide bonds. The minimum Gasteiger partial charge on any atom is -0.506 e. The van der Waals surface area contributed by atoms with Gasteiger partial charge in [0, 0.05) is 16.8 Å². The molecule has 33 heavy (non-hydrogen) atoms. The molecule has 0 radical (unpaired) electrons. The Balaban J connectivity index is 1.72. The number of carbonyl (C=O) groups is 2. The maximum Gasteiger partial charge on any atom is 0.342 e. The third-order valence-electron chi connectivity index (χ3n) is 6.19. The molecule has 3 N–H and O–H groups in total. The number of fused-ring (bicyclic) bond motifs is 4. The predicted octanol–water partition coefficient (Wildman–Crippen LogP) is 4.24. The van der Waals surface area contributed by atoms with Crippen LogP contribution in [0.2, 0.25) is 0 Å². The van der Waals surface area contributed by atoms with Crippen molar-refractivity contribution in [2.24, 2.45) is 5.73 Å². The van der Waals surface area contributed by atoms with Crippen molar-refractivity contribution in [3.05, 3.63) is 47.5 Å². The predicted molar refractivity (Wildman–Crippen MR) is 124 cm³/mol. The van der Waals surface area contributed by atoms with Gasteiger partial charge in [-0.25, -0.2) is 14.8 Å². The van der Waals surface area contributed by atoms with Gasteiger partial charge in [-0.15, -0.1) is 0 Å². The number of aromatic nitrogens is 2. The van der Waals surface area contributed by atoms with Gasteiger partial charge >= 0.3 is 5.97 Å². The first-order valence-electron chi connectivity index (χ1n) is 10.9. The van der Waals surface area contributed by atoms with E-state index >= 15 is 0 Å². The van der Waals surface area contributed by atoms with Crippen molar-refractivity contribution in [1.29, 1.82) is 0 Å². The fourth-order valence-electron chi connectivity index (χ4n) is 4.55. The Labute approximate surface area is 189 Å². The van der Waals surface area contributed by atoms with Crippen LogP contribution in [-0.2, 0) is 4.74 Å². The highest BCUT2D eigenvalue weighted by Crippen LogP contribution is 2.37. The highest BCUT2D eigenvalue weighted by molar-refractivity contribution is 6.19. The molecule has 3 aromatic carbocycles. The zero-order valence-electron chi connectivity index (χ0n) is 18.1. The molecule has 4 aromatic rings. The van der Waals surface area contributed by atoms with Crippen LogP contribution in [-0.4, -0.2) is 40.2 Å². The highest BCUT2D eigenvalue weighted by atomic mass is 16.5. The molecule has 168 valence electrons. The van der Waals surface area contributed by atoms with Gasteiger partial charge in [-0.3, -0.25) is 4.79 Å². The number of ether oxygens (including phenoxy) is 2. The minimum absolute atomic E-state index is 0.111. The third-order valence-corrected chi connectivity index (χ3v) is 6.19. The molecule has 1 fully saturated rings. The molecule has 0 atom stereocenters. The molecule has 0 unspecified atom stereocenters. The Morgan fingerprint density at radius 1 is 1.00 bits per heavy atom. The molecule has 5 rings (SSSR count). The molecule has 0 spiro atoms. The van der Waals surface area contributed by atoms with Crippen LogP contribution >= 0.6 is 0 Å². The average Bonchev–Trinajstić information content (AvgIpc) is 2.83. The number of amides is 1. The van der Waals surface area contributed by atoms with Gasteiger partial charge in [0.05, 0.1) is 23.7 Å². The monoisotopic (exact) mass is 445 g/mol. The summed E-state index contributed by atoms with van der Waals surface area (Å²) in [5.74, 6) is -1.22. The minimum atomic E-state index is -0.817. The molecule has 1 aliphatic carbocycles. The molecule has 1 heterocycles. The number of nitrogens with two attached hydrogens (primary N) is 1. The zero-order chi connectivity index (χ0) is 23.1. The summed E-state index contributed by atoms with van der Waals surface area (Å²) in [6, 6.07) is 10.2. The summed E-state index contributed by atoms with van der Waals surface area (Å²) in [7, 11) is 1.48. The second-order valence-corrected chi connectivity index (χ2v) is 8.26. The van der Waals surface area contributed by atoms with E-state index in [1.165, 1.54) is 7.11 Å². The van der Waals surface area contributed by atoms with Gasteiger partial charge < -0.3 is 20.3 Å². The summed E-state index contributed by atoms with van der Waals surface area (Å²) in [5.41, 5.74) is 7.12. The van der Waals surface area contributed by atoms with Crippen LogP contribution < -0.4 is 10.5 Å². The zero-order valence-corrected chi connectivity index (χ0v) is 18.1. The van der Waals surface area contributed by atoms with Gasteiger partial charge in [0.25, 0.3) is 5.91 Å². The van der Waals surface area contributed by atoms with Crippen LogP contribution in [0.5, 0.6) is 11.5 Å². The maximum absolute atomic E-state index is 12.9. The van der Waals surface area contributed by atoms with Crippen LogP contribution in [0.15, 0.2) is 36.4 Å². The number of benzene rings is 3. The quantitative estimate of drug-likeness (QED) is 0.273. The van der Waals surface area contributed by atoms with E-state index in [0.29, 0.717) is 33.1 Å². The lowest BCUT2D eigenvalue weighted by Gasteiger charge is -2.22. The van der Waals surface area contributed by atoms with Crippen molar-refractivity contribution in [3.63, 3.8) is 0 Å². The summed E-state index contributed by atoms with van der Waals surface area (Å²) in [4.78, 5) is 34.4. The molecule has 8 heteroatoms. The lowest BCUT2D eigenvalue weighted by molar-refractivity contribution is 0.0208. The number of hydrogen-bond acceptors (Lipinski definition) is 7. The number of esters is 1. The van der Waals surface area contributed by atoms with Gasteiger partial charge in [-0.05, 0) is 31.7 Å². The van der Waals surface area contributed by atoms with E-state index in [1.54, 1.807) is 30.3 Å². The van der Waals surface area contributed by atoms with Crippen molar-refractivity contribution in [2.45, 2.75) is 38.2 Å². The fraction of sp³-hybridized carbons (Fsp3) is 0.280. The first-order valence-corrected chi connectivity index (χ1v) is 10.9. The van der Waals surface area contributed by atoms with Gasteiger partial charge in [-0.1, -0.05) is 30.7 Å². The number of carbonyl (C=O) groups excluding carboxylic acids is 2. The summed E-state index contributed by atoms with van der Waals surface area (Å²) >= 11 is 0. The Kier molecular flexibility index (Phi) is 5.20. The maximum atomic E-state index is 12.9. The standard InChI is InChI=1S/C25H23N3O5/c1-32-19-12-18-17(11-16(19)25(31)33-13-7-3-2-4-8-13)28-22-20(24(26)30)23(29)15-10-6-5-9-14(15)21(22)27-18/h5-6,9-13,29H,2-4,7-8H2,1H3,(H2,26,30). The number of rotatable bonds is 4. The van der Waals surface area contributed by atoms with E-state index in [2.05, 4.69) is 4.98 Å². The molecule has 1 saturated carbocycles. The van der Waals surface area contributed by atoms with Crippen molar-refractivity contribution >= 4 is 44.7 Å². The van der Waals surface area contributed by atoms with E-state index in [4.69, 9.17) is 20.2 Å². The second kappa shape index (κ2) is 8.20. The Hall–Kier alpha value is -3.94. The van der Waals surface area contributed by atoms with Crippen molar-refractivity contribution in [3.8, 4) is 11.5 Å². The SMILES string of the molecule is COc1cc2nc3c(nc2cc1C(=O)OC1CCCCC1)c(C(N)=O)c(O)c1ccccc13. The summed E-state index contributed by atoms with van der Waals surface area (Å²) < 4.78 is 11.2. The van der Waals surface area contributed by atoms with Crippen LogP contribution in [0.3, 0.4) is 0 Å². The van der Waals surface area contributed by atoms with Gasteiger partial charge in [0.1, 0.15) is 34.2 Å². The van der Waals surface area contributed by atoms with E-state index < -0.39 is 11.9 Å². The van der Waals surface area contributed by atoms with Gasteiger partial charge in [0.2, 0.25) is 0 Å². The van der Waals surface area contributed by atoms with Crippen LogP contribution in [0, 0.1) is 0 Å². The normalized spacial score (nSPS) is 14.6. The number of hydrogen-bond donors (Lipinski definition) is 2. The Morgan fingerprint density at radius 3 is 2.36 bits per heavy atom.